The number of aliphatic hydroxyl groups is 1. The second-order valence-electron chi connectivity index (χ2n) is 5.59. The minimum atomic E-state index is -0.270. The molecule has 0 bridgehead atoms. The molecule has 110 valence electrons. The molecule has 0 saturated carbocycles. The summed E-state index contributed by atoms with van der Waals surface area (Å²) in [6.45, 7) is 2.74. The molecule has 0 aliphatic carbocycles. The van der Waals surface area contributed by atoms with Crippen LogP contribution in [-0.2, 0) is 0 Å². The van der Waals surface area contributed by atoms with Gasteiger partial charge in [-0.05, 0) is 36.4 Å². The number of pyridine rings is 1. The monoisotopic (exact) mass is 286 g/mol. The largest absolute Gasteiger partial charge is 0.486 e. The van der Waals surface area contributed by atoms with E-state index in [1.807, 2.05) is 24.4 Å². The lowest BCUT2D eigenvalue weighted by molar-refractivity contribution is 0.154. The molecule has 0 radical (unpaired) electrons. The van der Waals surface area contributed by atoms with E-state index in [-0.39, 0.29) is 6.10 Å². The Balaban J connectivity index is 1.81. The van der Waals surface area contributed by atoms with Gasteiger partial charge in [-0.3, -0.25) is 0 Å². The molecule has 3 heterocycles. The zero-order valence-corrected chi connectivity index (χ0v) is 11.8. The van der Waals surface area contributed by atoms with Gasteiger partial charge in [0.2, 0.25) is 0 Å². The molecule has 2 aliphatic rings. The molecular formula is C16H18N2O3. The molecule has 1 unspecified atom stereocenters. The Kier molecular flexibility index (Phi) is 3.07. The standard InChI is InChI=1S/C16H18N2O3/c19-12-2-1-5-18(10-12)16-13-9-15-14(20-6-7-21-15)8-11(13)3-4-17-16/h3-4,8-9,12,19H,1-2,5-7,10H2. The van der Waals surface area contributed by atoms with Crippen LogP contribution in [0.1, 0.15) is 12.8 Å². The molecule has 0 amide bonds. The summed E-state index contributed by atoms with van der Waals surface area (Å²) in [5.41, 5.74) is 0. The Morgan fingerprint density at radius 1 is 1.19 bits per heavy atom. The summed E-state index contributed by atoms with van der Waals surface area (Å²) in [4.78, 5) is 6.69. The lowest BCUT2D eigenvalue weighted by atomic mass is 10.1. The molecule has 5 heteroatoms. The molecule has 1 aromatic carbocycles. The van der Waals surface area contributed by atoms with Crippen LogP contribution in [0, 0.1) is 0 Å². The molecular weight excluding hydrogens is 268 g/mol. The van der Waals surface area contributed by atoms with Crippen LogP contribution >= 0.6 is 0 Å². The second kappa shape index (κ2) is 5.07. The summed E-state index contributed by atoms with van der Waals surface area (Å²) in [5.74, 6) is 2.49. The smallest absolute Gasteiger partial charge is 0.162 e. The maximum absolute atomic E-state index is 9.89. The van der Waals surface area contributed by atoms with Crippen molar-refractivity contribution in [2.75, 3.05) is 31.2 Å². The number of benzene rings is 1. The Morgan fingerprint density at radius 2 is 2.00 bits per heavy atom. The first-order valence-electron chi connectivity index (χ1n) is 7.42. The van der Waals surface area contributed by atoms with Crippen molar-refractivity contribution in [3.8, 4) is 11.5 Å². The Hall–Kier alpha value is -2.01. The topological polar surface area (TPSA) is 54.8 Å². The first kappa shape index (κ1) is 12.7. The van der Waals surface area contributed by atoms with Crippen LogP contribution in [-0.4, -0.2) is 42.5 Å². The molecule has 5 nitrogen and oxygen atoms in total. The summed E-state index contributed by atoms with van der Waals surface area (Å²) in [6.07, 6.45) is 3.40. The summed E-state index contributed by atoms with van der Waals surface area (Å²) in [6, 6.07) is 6.00. The van der Waals surface area contributed by atoms with Gasteiger partial charge in [-0.1, -0.05) is 0 Å². The third-order valence-corrected chi connectivity index (χ3v) is 4.10. The number of hydrogen-bond donors (Lipinski definition) is 1. The van der Waals surface area contributed by atoms with E-state index in [1.54, 1.807) is 0 Å². The van der Waals surface area contributed by atoms with Crippen molar-refractivity contribution in [1.29, 1.82) is 0 Å². The quantitative estimate of drug-likeness (QED) is 0.868. The molecule has 1 aromatic heterocycles. The maximum Gasteiger partial charge on any atom is 0.162 e. The fourth-order valence-electron chi connectivity index (χ4n) is 3.09. The number of ether oxygens (including phenoxy) is 2. The predicted octanol–water partition coefficient (Wildman–Crippen LogP) is 1.97. The zero-order chi connectivity index (χ0) is 14.2. The highest BCUT2D eigenvalue weighted by Crippen LogP contribution is 2.37. The first-order chi connectivity index (χ1) is 10.3. The first-order valence-corrected chi connectivity index (χ1v) is 7.42. The van der Waals surface area contributed by atoms with E-state index in [4.69, 9.17) is 9.47 Å². The highest BCUT2D eigenvalue weighted by atomic mass is 16.6. The van der Waals surface area contributed by atoms with Crippen molar-refractivity contribution >= 4 is 16.6 Å². The molecule has 1 atom stereocenters. The van der Waals surface area contributed by atoms with Crippen LogP contribution in [0.4, 0.5) is 5.82 Å². The zero-order valence-electron chi connectivity index (χ0n) is 11.8. The average Bonchev–Trinajstić information content (AvgIpc) is 2.52. The van der Waals surface area contributed by atoms with E-state index in [0.717, 1.165) is 47.5 Å². The van der Waals surface area contributed by atoms with Gasteiger partial charge in [0.25, 0.3) is 0 Å². The molecule has 4 rings (SSSR count). The van der Waals surface area contributed by atoms with E-state index in [2.05, 4.69) is 9.88 Å². The average molecular weight is 286 g/mol. The van der Waals surface area contributed by atoms with E-state index in [1.165, 1.54) is 0 Å². The predicted molar refractivity (Wildman–Crippen MR) is 80.2 cm³/mol. The van der Waals surface area contributed by atoms with Gasteiger partial charge in [-0.2, -0.15) is 0 Å². The molecule has 1 saturated heterocycles. The fourth-order valence-corrected chi connectivity index (χ4v) is 3.09. The Bertz CT molecular complexity index is 674. The van der Waals surface area contributed by atoms with Gasteiger partial charge in [-0.15, -0.1) is 0 Å². The van der Waals surface area contributed by atoms with Crippen molar-refractivity contribution in [2.24, 2.45) is 0 Å². The summed E-state index contributed by atoms with van der Waals surface area (Å²) < 4.78 is 11.3. The van der Waals surface area contributed by atoms with Crippen LogP contribution < -0.4 is 14.4 Å². The van der Waals surface area contributed by atoms with Crippen LogP contribution in [0.3, 0.4) is 0 Å². The molecule has 2 aliphatic heterocycles. The number of hydrogen-bond acceptors (Lipinski definition) is 5. The highest BCUT2D eigenvalue weighted by molar-refractivity contribution is 5.94. The number of piperidine rings is 1. The Labute approximate surface area is 123 Å². The minimum absolute atomic E-state index is 0.270. The van der Waals surface area contributed by atoms with E-state index < -0.39 is 0 Å². The van der Waals surface area contributed by atoms with Crippen molar-refractivity contribution < 1.29 is 14.6 Å². The van der Waals surface area contributed by atoms with Gasteiger partial charge in [0, 0.05) is 24.7 Å². The summed E-state index contributed by atoms with van der Waals surface area (Å²) in [5, 5.41) is 12.0. The van der Waals surface area contributed by atoms with E-state index >= 15 is 0 Å². The number of aromatic nitrogens is 1. The van der Waals surface area contributed by atoms with Gasteiger partial charge in [0.1, 0.15) is 19.0 Å². The van der Waals surface area contributed by atoms with Crippen molar-refractivity contribution in [3.63, 3.8) is 0 Å². The lowest BCUT2D eigenvalue weighted by Gasteiger charge is -2.32. The van der Waals surface area contributed by atoms with Gasteiger partial charge < -0.3 is 19.5 Å². The van der Waals surface area contributed by atoms with Gasteiger partial charge in [0.05, 0.1) is 6.10 Å². The van der Waals surface area contributed by atoms with E-state index in [9.17, 15) is 5.11 Å². The number of nitrogens with zero attached hydrogens (tertiary/aromatic N) is 2. The number of aliphatic hydroxyl groups excluding tert-OH is 1. The Morgan fingerprint density at radius 3 is 2.81 bits per heavy atom. The highest BCUT2D eigenvalue weighted by Gasteiger charge is 2.22. The van der Waals surface area contributed by atoms with Crippen molar-refractivity contribution in [1.82, 2.24) is 4.98 Å². The SMILES string of the molecule is OC1CCCN(c2nccc3cc4c(cc23)OCCO4)C1. The summed E-state index contributed by atoms with van der Waals surface area (Å²) in [7, 11) is 0. The van der Waals surface area contributed by atoms with Crippen molar-refractivity contribution in [3.05, 3.63) is 24.4 Å². The third-order valence-electron chi connectivity index (χ3n) is 4.10. The maximum atomic E-state index is 9.89. The number of fused-ring (bicyclic) bond motifs is 2. The van der Waals surface area contributed by atoms with Crippen LogP contribution in [0.15, 0.2) is 24.4 Å². The fraction of sp³-hybridized carbons (Fsp3) is 0.438. The van der Waals surface area contributed by atoms with Gasteiger partial charge in [-0.25, -0.2) is 4.98 Å². The van der Waals surface area contributed by atoms with Crippen LogP contribution in [0.2, 0.25) is 0 Å². The molecule has 2 aromatic rings. The van der Waals surface area contributed by atoms with Gasteiger partial charge in [0.15, 0.2) is 11.5 Å². The van der Waals surface area contributed by atoms with Crippen molar-refractivity contribution in [2.45, 2.75) is 18.9 Å². The number of rotatable bonds is 1. The number of β-amino-alcohol motifs (C(OH)–C–C–N with tert-alkyl or cyclic N) is 1. The van der Waals surface area contributed by atoms with Crippen LogP contribution in [0.25, 0.3) is 10.8 Å². The van der Waals surface area contributed by atoms with E-state index in [0.29, 0.717) is 19.8 Å². The molecule has 0 spiro atoms. The second-order valence-corrected chi connectivity index (χ2v) is 5.59. The molecule has 1 N–H and O–H groups in total. The normalized spacial score (nSPS) is 21.6. The number of anilines is 1. The minimum Gasteiger partial charge on any atom is -0.486 e. The molecule has 1 fully saturated rings. The summed E-state index contributed by atoms with van der Waals surface area (Å²) >= 11 is 0. The molecule has 21 heavy (non-hydrogen) atoms. The van der Waals surface area contributed by atoms with Gasteiger partial charge >= 0.3 is 0 Å². The van der Waals surface area contributed by atoms with Crippen LogP contribution in [0.5, 0.6) is 11.5 Å². The lowest BCUT2D eigenvalue weighted by Crippen LogP contribution is -2.38. The third kappa shape index (κ3) is 2.27.